The minimum Gasteiger partial charge on any atom is -0.456 e. The number of nitrogens with zero attached hydrogens (tertiary/aromatic N) is 1. The van der Waals surface area contributed by atoms with E-state index in [-0.39, 0.29) is 0 Å². The Morgan fingerprint density at radius 3 is 1.79 bits per heavy atom. The van der Waals surface area contributed by atoms with Crippen LogP contribution >= 0.6 is 11.3 Å². The van der Waals surface area contributed by atoms with E-state index in [9.17, 15) is 0 Å². The summed E-state index contributed by atoms with van der Waals surface area (Å²) in [6.45, 7) is 0. The standard InChI is InChI=1S/C50H31NOS/c1-2-11-36-31-49-44(29-35(36)10-1)43-30-37(23-28-48(43)53-49)32-19-24-38(25-20-32)51(45-16-8-18-47-50(45)42-14-5-6-17-46(42)52-47)39-26-21-34(22-27-39)41-15-7-12-33-9-3-4-13-40(33)41/h1-31H. The van der Waals surface area contributed by atoms with Crippen molar-refractivity contribution < 1.29 is 4.42 Å². The number of thiophene rings is 1. The van der Waals surface area contributed by atoms with Crippen molar-refractivity contribution >= 4 is 92.1 Å². The summed E-state index contributed by atoms with van der Waals surface area (Å²) in [6.07, 6.45) is 0. The summed E-state index contributed by atoms with van der Waals surface area (Å²) in [7, 11) is 0. The molecule has 0 aliphatic heterocycles. The van der Waals surface area contributed by atoms with Crippen molar-refractivity contribution in [1.82, 2.24) is 0 Å². The number of furan rings is 1. The predicted molar refractivity (Wildman–Crippen MR) is 227 cm³/mol. The molecule has 3 heteroatoms. The lowest BCUT2D eigenvalue weighted by atomic mass is 9.98. The Morgan fingerprint density at radius 2 is 0.981 bits per heavy atom. The Morgan fingerprint density at radius 1 is 0.377 bits per heavy atom. The molecule has 0 spiro atoms. The maximum atomic E-state index is 6.37. The maximum absolute atomic E-state index is 6.37. The van der Waals surface area contributed by atoms with E-state index in [4.69, 9.17) is 4.42 Å². The number of hydrogen-bond donors (Lipinski definition) is 0. The first kappa shape index (κ1) is 30.0. The number of anilines is 3. The number of rotatable bonds is 5. The molecule has 11 aromatic rings. The first-order chi connectivity index (χ1) is 26.2. The van der Waals surface area contributed by atoms with Crippen molar-refractivity contribution in [3.05, 3.63) is 188 Å². The summed E-state index contributed by atoms with van der Waals surface area (Å²) < 4.78 is 9.01. The molecule has 248 valence electrons. The van der Waals surface area contributed by atoms with Crippen molar-refractivity contribution in [2.75, 3.05) is 4.90 Å². The third-order valence-corrected chi connectivity index (χ3v) is 11.8. The highest BCUT2D eigenvalue weighted by molar-refractivity contribution is 7.25. The quantitative estimate of drug-likeness (QED) is 0.178. The van der Waals surface area contributed by atoms with Gasteiger partial charge in [0.25, 0.3) is 0 Å². The molecule has 0 bridgehead atoms. The summed E-state index contributed by atoms with van der Waals surface area (Å²) in [5.41, 5.74) is 9.84. The van der Waals surface area contributed by atoms with Crippen molar-refractivity contribution in [3.63, 3.8) is 0 Å². The molecule has 53 heavy (non-hydrogen) atoms. The smallest absolute Gasteiger partial charge is 0.137 e. The second-order valence-electron chi connectivity index (χ2n) is 13.7. The highest BCUT2D eigenvalue weighted by Crippen LogP contribution is 2.44. The molecular weight excluding hydrogens is 663 g/mol. The van der Waals surface area contributed by atoms with Crippen LogP contribution in [0.15, 0.2) is 192 Å². The molecule has 0 atom stereocenters. The van der Waals surface area contributed by atoms with Crippen LogP contribution in [-0.4, -0.2) is 0 Å². The Kier molecular flexibility index (Phi) is 6.76. The molecule has 0 aliphatic carbocycles. The van der Waals surface area contributed by atoms with Crippen molar-refractivity contribution in [2.24, 2.45) is 0 Å². The summed E-state index contributed by atoms with van der Waals surface area (Å²) in [6, 6.07) is 68.0. The normalized spacial score (nSPS) is 11.8. The fourth-order valence-electron chi connectivity index (χ4n) is 8.08. The van der Waals surface area contributed by atoms with Crippen LogP contribution in [0.1, 0.15) is 0 Å². The average Bonchev–Trinajstić information content (AvgIpc) is 3.78. The molecule has 2 aromatic heterocycles. The Bertz CT molecular complexity index is 3160. The fourth-order valence-corrected chi connectivity index (χ4v) is 9.20. The lowest BCUT2D eigenvalue weighted by molar-refractivity contribution is 0.669. The molecule has 0 radical (unpaired) electrons. The molecule has 0 amide bonds. The van der Waals surface area contributed by atoms with Crippen LogP contribution in [0.5, 0.6) is 0 Å². The van der Waals surface area contributed by atoms with E-state index in [0.717, 1.165) is 39.0 Å². The van der Waals surface area contributed by atoms with Crippen LogP contribution in [0.25, 0.3) is 85.9 Å². The van der Waals surface area contributed by atoms with Crippen molar-refractivity contribution in [2.45, 2.75) is 0 Å². The second-order valence-corrected chi connectivity index (χ2v) is 14.8. The van der Waals surface area contributed by atoms with Gasteiger partial charge in [-0.3, -0.25) is 0 Å². The third-order valence-electron chi connectivity index (χ3n) is 10.6. The van der Waals surface area contributed by atoms with Gasteiger partial charge >= 0.3 is 0 Å². The molecule has 9 aromatic carbocycles. The molecule has 0 saturated heterocycles. The van der Waals surface area contributed by atoms with E-state index < -0.39 is 0 Å². The highest BCUT2D eigenvalue weighted by atomic mass is 32.1. The molecule has 0 fully saturated rings. The topological polar surface area (TPSA) is 16.4 Å². The molecular formula is C50H31NOS. The Hall–Kier alpha value is -6.68. The Labute approximate surface area is 310 Å². The van der Waals surface area contributed by atoms with E-state index in [1.807, 2.05) is 23.5 Å². The fraction of sp³-hybridized carbons (Fsp3) is 0. The van der Waals surface area contributed by atoms with Gasteiger partial charge in [-0.2, -0.15) is 0 Å². The van der Waals surface area contributed by atoms with Gasteiger partial charge in [0.05, 0.1) is 11.1 Å². The predicted octanol–water partition coefficient (Wildman–Crippen LogP) is 15.1. The van der Waals surface area contributed by atoms with Gasteiger partial charge < -0.3 is 9.32 Å². The number of para-hydroxylation sites is 1. The SMILES string of the molecule is c1ccc2cc3c(cc2c1)sc1ccc(-c2ccc(N(c4ccc(-c5cccc6ccccc56)cc4)c4cccc5oc6ccccc6c45)cc2)cc13. The number of hydrogen-bond acceptors (Lipinski definition) is 3. The van der Waals surface area contributed by atoms with E-state index in [2.05, 4.69) is 181 Å². The summed E-state index contributed by atoms with van der Waals surface area (Å²) in [4.78, 5) is 2.36. The van der Waals surface area contributed by atoms with Gasteiger partial charge in [-0.1, -0.05) is 121 Å². The van der Waals surface area contributed by atoms with Crippen LogP contribution in [0.4, 0.5) is 17.1 Å². The number of benzene rings is 9. The molecule has 0 saturated carbocycles. The minimum absolute atomic E-state index is 0.877. The van der Waals surface area contributed by atoms with Crippen LogP contribution in [-0.2, 0) is 0 Å². The molecule has 2 heterocycles. The summed E-state index contributed by atoms with van der Waals surface area (Å²) in [5.74, 6) is 0. The average molecular weight is 694 g/mol. The van der Waals surface area contributed by atoms with E-state index >= 15 is 0 Å². The lowest BCUT2D eigenvalue weighted by Crippen LogP contribution is -2.10. The van der Waals surface area contributed by atoms with Crippen LogP contribution < -0.4 is 4.90 Å². The maximum Gasteiger partial charge on any atom is 0.137 e. The van der Waals surface area contributed by atoms with Crippen molar-refractivity contribution in [1.29, 1.82) is 0 Å². The summed E-state index contributed by atoms with van der Waals surface area (Å²) >= 11 is 1.87. The van der Waals surface area contributed by atoms with Crippen molar-refractivity contribution in [3.8, 4) is 22.3 Å². The zero-order valence-electron chi connectivity index (χ0n) is 28.7. The van der Waals surface area contributed by atoms with E-state index in [1.165, 1.54) is 64.0 Å². The van der Waals surface area contributed by atoms with Gasteiger partial charge in [0.2, 0.25) is 0 Å². The zero-order chi connectivity index (χ0) is 34.9. The molecule has 0 N–H and O–H groups in total. The van der Waals surface area contributed by atoms with Gasteiger partial charge in [0.15, 0.2) is 0 Å². The zero-order valence-corrected chi connectivity index (χ0v) is 29.5. The monoisotopic (exact) mass is 693 g/mol. The van der Waals surface area contributed by atoms with Crippen LogP contribution in [0.3, 0.4) is 0 Å². The minimum atomic E-state index is 0.877. The lowest BCUT2D eigenvalue weighted by Gasteiger charge is -2.26. The van der Waals surface area contributed by atoms with E-state index in [0.29, 0.717) is 0 Å². The molecule has 0 unspecified atom stereocenters. The molecule has 2 nitrogen and oxygen atoms in total. The third kappa shape index (κ3) is 4.93. The first-order valence-electron chi connectivity index (χ1n) is 18.0. The van der Waals surface area contributed by atoms with Gasteiger partial charge in [-0.25, -0.2) is 0 Å². The van der Waals surface area contributed by atoms with Gasteiger partial charge in [0.1, 0.15) is 11.2 Å². The van der Waals surface area contributed by atoms with Crippen LogP contribution in [0, 0.1) is 0 Å². The largest absolute Gasteiger partial charge is 0.456 e. The van der Waals surface area contributed by atoms with E-state index in [1.54, 1.807) is 0 Å². The first-order valence-corrected chi connectivity index (χ1v) is 18.8. The molecule has 0 aliphatic rings. The highest BCUT2D eigenvalue weighted by Gasteiger charge is 2.20. The van der Waals surface area contributed by atoms with Crippen LogP contribution in [0.2, 0.25) is 0 Å². The number of fused-ring (bicyclic) bond motifs is 8. The summed E-state index contributed by atoms with van der Waals surface area (Å²) in [5, 5.41) is 9.91. The van der Waals surface area contributed by atoms with Gasteiger partial charge in [-0.05, 0) is 111 Å². The Balaban J connectivity index is 1.04. The van der Waals surface area contributed by atoms with Gasteiger partial charge in [0, 0.05) is 36.9 Å². The molecule has 11 rings (SSSR count). The second kappa shape index (κ2) is 11.9. The van der Waals surface area contributed by atoms with Gasteiger partial charge in [-0.15, -0.1) is 11.3 Å².